The van der Waals surface area contributed by atoms with Gasteiger partial charge in [-0.1, -0.05) is 12.8 Å². The molecule has 138 valence electrons. The monoisotopic (exact) mass is 361 g/mol. The predicted molar refractivity (Wildman–Crippen MR) is 103 cm³/mol. The molecule has 5 rings (SSSR count). The zero-order chi connectivity index (χ0) is 18.1. The van der Waals surface area contributed by atoms with Crippen molar-refractivity contribution in [2.45, 2.75) is 37.7 Å². The zero-order valence-electron chi connectivity index (χ0n) is 15.3. The molecule has 1 aliphatic heterocycles. The number of hydrogen-bond acceptors (Lipinski definition) is 6. The van der Waals surface area contributed by atoms with Gasteiger partial charge in [-0.2, -0.15) is 0 Å². The van der Waals surface area contributed by atoms with E-state index in [-0.39, 0.29) is 6.10 Å². The van der Waals surface area contributed by atoms with E-state index in [0.717, 1.165) is 47.7 Å². The van der Waals surface area contributed by atoms with Crippen molar-refractivity contribution < 1.29 is 4.74 Å². The highest BCUT2D eigenvalue weighted by Gasteiger charge is 2.25. The van der Waals surface area contributed by atoms with E-state index in [1.165, 1.54) is 31.4 Å². The SMILES string of the molecule is c1ncc2ccc(-c3ccc(C4CNCCO4)nc3C3CCCC3)nc2n1. The minimum Gasteiger partial charge on any atom is -0.369 e. The Kier molecular flexibility index (Phi) is 4.51. The number of hydrogen-bond donors (Lipinski definition) is 1. The molecule has 1 N–H and O–H groups in total. The number of rotatable bonds is 3. The van der Waals surface area contributed by atoms with E-state index in [2.05, 4.69) is 33.5 Å². The summed E-state index contributed by atoms with van der Waals surface area (Å²) < 4.78 is 5.93. The third-order valence-corrected chi connectivity index (χ3v) is 5.59. The minimum absolute atomic E-state index is 0.0326. The maximum absolute atomic E-state index is 5.93. The summed E-state index contributed by atoms with van der Waals surface area (Å²) in [5.41, 5.74) is 4.97. The van der Waals surface area contributed by atoms with E-state index in [1.807, 2.05) is 6.07 Å². The van der Waals surface area contributed by atoms with Gasteiger partial charge in [0.1, 0.15) is 12.4 Å². The van der Waals surface area contributed by atoms with E-state index >= 15 is 0 Å². The minimum atomic E-state index is 0.0326. The van der Waals surface area contributed by atoms with Crippen LogP contribution in [0.15, 0.2) is 36.8 Å². The second-order valence-electron chi connectivity index (χ2n) is 7.35. The van der Waals surface area contributed by atoms with E-state index in [1.54, 1.807) is 12.5 Å². The largest absolute Gasteiger partial charge is 0.369 e. The molecule has 2 aliphatic rings. The first-order valence-corrected chi connectivity index (χ1v) is 9.79. The number of nitrogens with one attached hydrogen (secondary N) is 1. The van der Waals surface area contributed by atoms with Crippen LogP contribution in [0.5, 0.6) is 0 Å². The molecule has 0 spiro atoms. The number of ether oxygens (including phenoxy) is 1. The van der Waals surface area contributed by atoms with Gasteiger partial charge in [0.25, 0.3) is 0 Å². The second kappa shape index (κ2) is 7.29. The normalized spacial score (nSPS) is 21.0. The molecular weight excluding hydrogens is 338 g/mol. The Morgan fingerprint density at radius 2 is 1.96 bits per heavy atom. The standard InChI is InChI=1S/C21H23N5O/c1-2-4-14(3-1)20-16(6-8-18(25-20)19-12-22-9-10-27-19)17-7-5-15-11-23-13-24-21(15)26-17/h5-8,11,13-14,19,22H,1-4,9-10,12H2. The summed E-state index contributed by atoms with van der Waals surface area (Å²) in [6.07, 6.45) is 8.32. The molecular formula is C21H23N5O. The lowest BCUT2D eigenvalue weighted by Crippen LogP contribution is -2.33. The zero-order valence-corrected chi connectivity index (χ0v) is 15.3. The highest BCUT2D eigenvalue weighted by Crippen LogP contribution is 2.38. The summed E-state index contributed by atoms with van der Waals surface area (Å²) in [4.78, 5) is 18.3. The van der Waals surface area contributed by atoms with Gasteiger partial charge < -0.3 is 10.1 Å². The Labute approximate surface area is 158 Å². The maximum Gasteiger partial charge on any atom is 0.163 e. The number of aromatic nitrogens is 4. The van der Waals surface area contributed by atoms with Crippen molar-refractivity contribution in [2.24, 2.45) is 0 Å². The molecule has 0 aromatic carbocycles. The molecule has 0 radical (unpaired) electrons. The van der Waals surface area contributed by atoms with Crippen LogP contribution in [0.25, 0.3) is 22.3 Å². The Morgan fingerprint density at radius 3 is 2.81 bits per heavy atom. The molecule has 27 heavy (non-hydrogen) atoms. The van der Waals surface area contributed by atoms with Gasteiger partial charge >= 0.3 is 0 Å². The van der Waals surface area contributed by atoms with E-state index < -0.39 is 0 Å². The smallest absolute Gasteiger partial charge is 0.163 e. The topological polar surface area (TPSA) is 72.8 Å². The van der Waals surface area contributed by atoms with Crippen LogP contribution in [0.3, 0.4) is 0 Å². The van der Waals surface area contributed by atoms with Crippen molar-refractivity contribution in [3.63, 3.8) is 0 Å². The summed E-state index contributed by atoms with van der Waals surface area (Å²) in [7, 11) is 0. The van der Waals surface area contributed by atoms with Gasteiger partial charge in [0.2, 0.25) is 0 Å². The lowest BCUT2D eigenvalue weighted by atomic mass is 9.95. The lowest BCUT2D eigenvalue weighted by molar-refractivity contribution is 0.0249. The van der Waals surface area contributed by atoms with Gasteiger partial charge in [0, 0.05) is 36.2 Å². The van der Waals surface area contributed by atoms with Crippen LogP contribution in [0.1, 0.15) is 49.1 Å². The summed E-state index contributed by atoms with van der Waals surface area (Å²) in [6, 6.07) is 8.36. The molecule has 0 bridgehead atoms. The Hall–Kier alpha value is -2.44. The van der Waals surface area contributed by atoms with Crippen LogP contribution < -0.4 is 5.32 Å². The molecule has 2 fully saturated rings. The summed E-state index contributed by atoms with van der Waals surface area (Å²) in [5.74, 6) is 0.499. The van der Waals surface area contributed by atoms with E-state index in [0.29, 0.717) is 5.92 Å². The van der Waals surface area contributed by atoms with Crippen LogP contribution in [-0.2, 0) is 4.74 Å². The first-order valence-electron chi connectivity index (χ1n) is 9.79. The number of nitrogens with zero attached hydrogens (tertiary/aromatic N) is 4. The third kappa shape index (κ3) is 3.31. The Bertz CT molecular complexity index is 948. The summed E-state index contributed by atoms with van der Waals surface area (Å²) >= 11 is 0. The Balaban J connectivity index is 1.59. The number of fused-ring (bicyclic) bond motifs is 1. The molecule has 6 heteroatoms. The highest BCUT2D eigenvalue weighted by atomic mass is 16.5. The second-order valence-corrected chi connectivity index (χ2v) is 7.35. The molecule has 3 aromatic heterocycles. The maximum atomic E-state index is 5.93. The van der Waals surface area contributed by atoms with Crippen LogP contribution in [-0.4, -0.2) is 39.6 Å². The van der Waals surface area contributed by atoms with Gasteiger partial charge in [-0.05, 0) is 37.1 Å². The fourth-order valence-corrected chi connectivity index (χ4v) is 4.17. The highest BCUT2D eigenvalue weighted by molar-refractivity contribution is 5.77. The van der Waals surface area contributed by atoms with Crippen LogP contribution in [0, 0.1) is 0 Å². The fraction of sp³-hybridized carbons (Fsp3) is 0.429. The van der Waals surface area contributed by atoms with Crippen molar-refractivity contribution in [1.82, 2.24) is 25.3 Å². The van der Waals surface area contributed by atoms with Gasteiger partial charge in [0.15, 0.2) is 5.65 Å². The van der Waals surface area contributed by atoms with Gasteiger partial charge in [-0.15, -0.1) is 0 Å². The van der Waals surface area contributed by atoms with Crippen molar-refractivity contribution in [3.8, 4) is 11.3 Å². The third-order valence-electron chi connectivity index (χ3n) is 5.59. The van der Waals surface area contributed by atoms with Gasteiger partial charge in [-0.3, -0.25) is 4.98 Å². The van der Waals surface area contributed by atoms with Gasteiger partial charge in [-0.25, -0.2) is 15.0 Å². The summed E-state index contributed by atoms with van der Waals surface area (Å²) in [5, 5.41) is 4.35. The predicted octanol–water partition coefficient (Wildman–Crippen LogP) is 3.41. The molecule has 1 saturated carbocycles. The quantitative estimate of drug-likeness (QED) is 0.771. The molecule has 0 amide bonds. The first kappa shape index (κ1) is 16.7. The van der Waals surface area contributed by atoms with E-state index in [4.69, 9.17) is 14.7 Å². The molecule has 3 aromatic rings. The van der Waals surface area contributed by atoms with Crippen LogP contribution in [0.2, 0.25) is 0 Å². The number of morpholine rings is 1. The number of pyridine rings is 2. The average molecular weight is 361 g/mol. The average Bonchev–Trinajstić information content (AvgIpc) is 3.28. The van der Waals surface area contributed by atoms with Gasteiger partial charge in [0.05, 0.1) is 23.7 Å². The fourth-order valence-electron chi connectivity index (χ4n) is 4.17. The molecule has 1 unspecified atom stereocenters. The van der Waals surface area contributed by atoms with Crippen molar-refractivity contribution in [2.75, 3.05) is 19.7 Å². The Morgan fingerprint density at radius 1 is 1.04 bits per heavy atom. The molecule has 1 saturated heterocycles. The lowest BCUT2D eigenvalue weighted by Gasteiger charge is -2.25. The molecule has 6 nitrogen and oxygen atoms in total. The molecule has 1 atom stereocenters. The molecule has 4 heterocycles. The van der Waals surface area contributed by atoms with Crippen molar-refractivity contribution in [3.05, 3.63) is 48.2 Å². The molecule has 1 aliphatic carbocycles. The van der Waals surface area contributed by atoms with Crippen molar-refractivity contribution in [1.29, 1.82) is 0 Å². The summed E-state index contributed by atoms with van der Waals surface area (Å²) in [6.45, 7) is 2.47. The van der Waals surface area contributed by atoms with Crippen LogP contribution in [0.4, 0.5) is 0 Å². The first-order chi connectivity index (χ1) is 13.4. The van der Waals surface area contributed by atoms with E-state index in [9.17, 15) is 0 Å². The van der Waals surface area contributed by atoms with Crippen molar-refractivity contribution >= 4 is 11.0 Å². The van der Waals surface area contributed by atoms with Crippen LogP contribution >= 0.6 is 0 Å².